The van der Waals surface area contributed by atoms with Crippen LogP contribution in [0.3, 0.4) is 0 Å². The summed E-state index contributed by atoms with van der Waals surface area (Å²) in [5, 5.41) is 2.67. The first kappa shape index (κ1) is 7.78. The number of rotatable bonds is 1. The highest BCUT2D eigenvalue weighted by Gasteiger charge is 2.19. The molecule has 1 saturated heterocycles. The average molecular weight is 179 g/mol. The van der Waals surface area contributed by atoms with Crippen molar-refractivity contribution in [3.8, 4) is 0 Å². The van der Waals surface area contributed by atoms with Gasteiger partial charge in [0.15, 0.2) is 0 Å². The largest absolute Gasteiger partial charge is 0.384 e. The maximum absolute atomic E-state index is 10.9. The molecule has 1 aromatic heterocycles. The van der Waals surface area contributed by atoms with Crippen LogP contribution in [0.15, 0.2) is 12.4 Å². The van der Waals surface area contributed by atoms with Crippen LogP contribution in [0, 0.1) is 0 Å². The summed E-state index contributed by atoms with van der Waals surface area (Å²) in [4.78, 5) is 20.4. The normalized spacial score (nSPS) is 16.0. The van der Waals surface area contributed by atoms with Crippen LogP contribution in [-0.2, 0) is 4.79 Å². The molecule has 0 spiro atoms. The van der Waals surface area contributed by atoms with Crippen molar-refractivity contribution in [2.75, 3.05) is 23.8 Å². The second-order valence-electron chi connectivity index (χ2n) is 2.76. The Morgan fingerprint density at radius 1 is 1.54 bits per heavy atom. The van der Waals surface area contributed by atoms with Crippen LogP contribution < -0.4 is 16.0 Å². The molecule has 1 aromatic rings. The minimum atomic E-state index is -0.00261. The van der Waals surface area contributed by atoms with Crippen molar-refractivity contribution >= 4 is 17.5 Å². The number of amides is 1. The Kier molecular flexibility index (Phi) is 1.73. The number of aromatic nitrogens is 2. The lowest BCUT2D eigenvalue weighted by molar-refractivity contribution is -0.118. The van der Waals surface area contributed by atoms with E-state index in [-0.39, 0.29) is 5.91 Å². The van der Waals surface area contributed by atoms with E-state index in [1.54, 1.807) is 11.0 Å². The maximum atomic E-state index is 10.9. The third-order valence-corrected chi connectivity index (χ3v) is 1.80. The molecule has 2 heterocycles. The molecule has 0 saturated carbocycles. The van der Waals surface area contributed by atoms with Gasteiger partial charge in [-0.15, -0.1) is 0 Å². The van der Waals surface area contributed by atoms with Crippen molar-refractivity contribution in [2.45, 2.75) is 0 Å². The lowest BCUT2D eigenvalue weighted by Crippen LogP contribution is -2.22. The van der Waals surface area contributed by atoms with Gasteiger partial charge in [0.25, 0.3) is 0 Å². The van der Waals surface area contributed by atoms with E-state index in [4.69, 9.17) is 5.73 Å². The number of nitrogens with two attached hydrogens (primary N) is 1. The molecule has 0 aliphatic carbocycles. The molecule has 6 nitrogen and oxygen atoms in total. The molecular weight excluding hydrogens is 170 g/mol. The second-order valence-corrected chi connectivity index (χ2v) is 2.76. The molecule has 0 bridgehead atoms. The first-order valence-corrected chi connectivity index (χ1v) is 3.85. The predicted octanol–water partition coefficient (Wildman–Crippen LogP) is -1.05. The highest BCUT2D eigenvalue weighted by atomic mass is 16.2. The summed E-state index contributed by atoms with van der Waals surface area (Å²) in [6, 6.07) is 1.64. The minimum absolute atomic E-state index is 0.00261. The van der Waals surface area contributed by atoms with Gasteiger partial charge in [-0.3, -0.25) is 4.79 Å². The predicted molar refractivity (Wildman–Crippen MR) is 46.8 cm³/mol. The zero-order valence-electron chi connectivity index (χ0n) is 6.90. The molecule has 0 aromatic carbocycles. The number of carbonyl (C=O) groups is 1. The highest BCUT2D eigenvalue weighted by Crippen LogP contribution is 2.12. The Morgan fingerprint density at radius 3 is 3.00 bits per heavy atom. The Hall–Kier alpha value is -1.85. The number of nitrogens with zero attached hydrogens (tertiary/aromatic N) is 3. The third kappa shape index (κ3) is 1.51. The number of carbonyl (C=O) groups excluding carboxylic acids is 1. The molecule has 6 heteroatoms. The minimum Gasteiger partial charge on any atom is -0.384 e. The fraction of sp³-hybridized carbons (Fsp3) is 0.286. The summed E-state index contributed by atoms with van der Waals surface area (Å²) in [6.45, 7) is 0.811. The molecule has 3 N–H and O–H groups in total. The first-order chi connectivity index (χ1) is 6.25. The van der Waals surface area contributed by atoms with Gasteiger partial charge in [0, 0.05) is 6.07 Å². The fourth-order valence-electron chi connectivity index (χ4n) is 1.17. The van der Waals surface area contributed by atoms with Gasteiger partial charge in [0.1, 0.15) is 24.5 Å². The highest BCUT2D eigenvalue weighted by molar-refractivity contribution is 5.84. The Balaban J connectivity index is 2.21. The van der Waals surface area contributed by atoms with E-state index in [1.165, 1.54) is 6.33 Å². The van der Waals surface area contributed by atoms with Gasteiger partial charge in [0.2, 0.25) is 5.91 Å². The summed E-state index contributed by atoms with van der Waals surface area (Å²) in [7, 11) is 0. The van der Waals surface area contributed by atoms with Gasteiger partial charge < -0.3 is 16.0 Å². The van der Waals surface area contributed by atoms with Gasteiger partial charge >= 0.3 is 0 Å². The summed E-state index contributed by atoms with van der Waals surface area (Å²) in [5.41, 5.74) is 5.48. The first-order valence-electron chi connectivity index (χ1n) is 3.85. The van der Waals surface area contributed by atoms with Crippen LogP contribution in [-0.4, -0.2) is 29.1 Å². The maximum Gasteiger partial charge on any atom is 0.241 e. The zero-order chi connectivity index (χ0) is 9.26. The average Bonchev–Trinajstić information content (AvgIpc) is 2.52. The molecule has 68 valence electrons. The van der Waals surface area contributed by atoms with Crippen LogP contribution in [0.4, 0.5) is 11.6 Å². The second kappa shape index (κ2) is 2.89. The molecule has 13 heavy (non-hydrogen) atoms. The van der Waals surface area contributed by atoms with Crippen LogP contribution >= 0.6 is 0 Å². The van der Waals surface area contributed by atoms with Crippen molar-refractivity contribution < 1.29 is 4.79 Å². The van der Waals surface area contributed by atoms with E-state index in [0.717, 1.165) is 0 Å². The SMILES string of the molecule is Nc1cc(N2CNC(=O)C2)ncn1. The van der Waals surface area contributed by atoms with Gasteiger partial charge in [-0.1, -0.05) is 0 Å². The van der Waals surface area contributed by atoms with E-state index in [2.05, 4.69) is 15.3 Å². The van der Waals surface area contributed by atoms with Crippen LogP contribution in [0.1, 0.15) is 0 Å². The van der Waals surface area contributed by atoms with E-state index < -0.39 is 0 Å². The molecule has 1 fully saturated rings. The quantitative estimate of drug-likeness (QED) is 0.574. The van der Waals surface area contributed by atoms with E-state index in [1.807, 2.05) is 0 Å². The smallest absolute Gasteiger partial charge is 0.241 e. The molecule has 1 amide bonds. The Bertz CT molecular complexity index is 339. The molecule has 1 aliphatic rings. The number of nitrogens with one attached hydrogen (secondary N) is 1. The van der Waals surface area contributed by atoms with Crippen LogP contribution in [0.2, 0.25) is 0 Å². The zero-order valence-corrected chi connectivity index (χ0v) is 6.90. The standard InChI is InChI=1S/C7H9N5O/c8-5-1-6(10-3-9-5)12-2-7(13)11-4-12/h1,3H,2,4H2,(H,11,13)(H2,8,9,10). The third-order valence-electron chi connectivity index (χ3n) is 1.80. The molecule has 1 aliphatic heterocycles. The Labute approximate surface area is 74.8 Å². The number of nitrogen functional groups attached to an aromatic ring is 1. The van der Waals surface area contributed by atoms with Crippen molar-refractivity contribution in [1.29, 1.82) is 0 Å². The lowest BCUT2D eigenvalue weighted by atomic mass is 10.5. The summed E-state index contributed by atoms with van der Waals surface area (Å²) < 4.78 is 0. The molecular formula is C7H9N5O. The fourth-order valence-corrected chi connectivity index (χ4v) is 1.17. The Morgan fingerprint density at radius 2 is 2.38 bits per heavy atom. The van der Waals surface area contributed by atoms with E-state index in [0.29, 0.717) is 24.8 Å². The van der Waals surface area contributed by atoms with E-state index >= 15 is 0 Å². The summed E-state index contributed by atoms with van der Waals surface area (Å²) in [5.74, 6) is 1.08. The van der Waals surface area contributed by atoms with Gasteiger partial charge in [0.05, 0.1) is 6.67 Å². The van der Waals surface area contributed by atoms with Crippen molar-refractivity contribution in [2.24, 2.45) is 0 Å². The summed E-state index contributed by atoms with van der Waals surface area (Å²) in [6.07, 6.45) is 1.38. The van der Waals surface area contributed by atoms with Crippen molar-refractivity contribution in [3.63, 3.8) is 0 Å². The van der Waals surface area contributed by atoms with Gasteiger partial charge in [-0.2, -0.15) is 0 Å². The van der Waals surface area contributed by atoms with Gasteiger partial charge in [-0.25, -0.2) is 9.97 Å². The molecule has 0 atom stereocenters. The number of anilines is 2. The molecule has 0 radical (unpaired) electrons. The van der Waals surface area contributed by atoms with Crippen molar-refractivity contribution in [3.05, 3.63) is 12.4 Å². The molecule has 0 unspecified atom stereocenters. The van der Waals surface area contributed by atoms with Crippen molar-refractivity contribution in [1.82, 2.24) is 15.3 Å². The number of hydrogen-bond donors (Lipinski definition) is 2. The lowest BCUT2D eigenvalue weighted by Gasteiger charge is -2.13. The van der Waals surface area contributed by atoms with Gasteiger partial charge in [-0.05, 0) is 0 Å². The topological polar surface area (TPSA) is 84.1 Å². The monoisotopic (exact) mass is 179 g/mol. The summed E-state index contributed by atoms with van der Waals surface area (Å²) >= 11 is 0. The van der Waals surface area contributed by atoms with Crippen LogP contribution in [0.25, 0.3) is 0 Å². The number of hydrogen-bond acceptors (Lipinski definition) is 5. The van der Waals surface area contributed by atoms with Crippen LogP contribution in [0.5, 0.6) is 0 Å². The van der Waals surface area contributed by atoms with E-state index in [9.17, 15) is 4.79 Å². The molecule has 2 rings (SSSR count).